The molecule has 2 unspecified atom stereocenters. The van der Waals surface area contributed by atoms with E-state index in [0.29, 0.717) is 25.0 Å². The Morgan fingerprint density at radius 1 is 1.26 bits per heavy atom. The van der Waals surface area contributed by atoms with E-state index in [4.69, 9.17) is 9.47 Å². The average molecular weight is 377 g/mol. The second-order valence-electron chi connectivity index (χ2n) is 8.40. The zero-order valence-corrected chi connectivity index (χ0v) is 16.2. The molecule has 3 N–H and O–H groups in total. The maximum absolute atomic E-state index is 12.0. The van der Waals surface area contributed by atoms with Gasteiger partial charge in [0, 0.05) is 24.6 Å². The van der Waals surface area contributed by atoms with E-state index >= 15 is 0 Å². The molecule has 2 heterocycles. The Morgan fingerprint density at radius 2 is 2.04 bits per heavy atom. The van der Waals surface area contributed by atoms with E-state index in [1.54, 1.807) is 0 Å². The molecule has 0 aromatic carbocycles. The lowest BCUT2D eigenvalue weighted by atomic mass is 10.1. The molecule has 7 heteroatoms. The highest BCUT2D eigenvalue weighted by molar-refractivity contribution is 5.67. The number of carbonyl (C=O) groups excluding carboxylic acids is 1. The monoisotopic (exact) mass is 376 g/mol. The number of hydrogen-bond donors (Lipinski definition) is 3. The van der Waals surface area contributed by atoms with Gasteiger partial charge in [0.15, 0.2) is 0 Å². The number of alkyl carbamates (subject to hydrolysis) is 1. The number of anilines is 1. The molecule has 150 valence electrons. The van der Waals surface area contributed by atoms with Crippen molar-refractivity contribution in [3.8, 4) is 0 Å². The first-order valence-electron chi connectivity index (χ1n) is 10.6. The third-order valence-electron chi connectivity index (χ3n) is 6.06. The molecule has 2 aliphatic carbocycles. The minimum absolute atomic E-state index is 0.0964. The first-order chi connectivity index (χ1) is 13.2. The number of ether oxygens (including phenoxy) is 2. The standard InChI is InChI=1S/C20H32N4O3/c1-13(14-8-9-14)21-20(25)27-16-10-18(26-12-16)17-11-19(24-23-17)22-15-6-4-2-3-5-7-15/h11,13-16,18H,2-10,12H2,1H3,(H,21,25)(H2,22,23,24)/t13-,16?,18?/m0/s1. The van der Waals surface area contributed by atoms with Crippen LogP contribution in [0.1, 0.15) is 76.5 Å². The maximum atomic E-state index is 12.0. The zero-order valence-electron chi connectivity index (χ0n) is 16.2. The second kappa shape index (κ2) is 8.50. The van der Waals surface area contributed by atoms with Gasteiger partial charge in [0.2, 0.25) is 0 Å². The SMILES string of the molecule is C[C@H](NC(=O)OC1COC(c2cc(NC3CCCCCC3)n[nH]2)C1)C1CC1. The summed E-state index contributed by atoms with van der Waals surface area (Å²) in [5.41, 5.74) is 0.948. The molecule has 1 saturated heterocycles. The van der Waals surface area contributed by atoms with Crippen molar-refractivity contribution in [1.82, 2.24) is 15.5 Å². The summed E-state index contributed by atoms with van der Waals surface area (Å²) in [5, 5.41) is 14.0. The zero-order chi connectivity index (χ0) is 18.6. The van der Waals surface area contributed by atoms with E-state index in [2.05, 4.69) is 20.8 Å². The number of carbonyl (C=O) groups is 1. The molecule has 3 fully saturated rings. The molecule has 0 bridgehead atoms. The molecular formula is C20H32N4O3. The van der Waals surface area contributed by atoms with E-state index in [-0.39, 0.29) is 24.3 Å². The van der Waals surface area contributed by atoms with Crippen molar-refractivity contribution in [2.75, 3.05) is 11.9 Å². The van der Waals surface area contributed by atoms with Gasteiger partial charge >= 0.3 is 6.09 Å². The van der Waals surface area contributed by atoms with E-state index < -0.39 is 0 Å². The van der Waals surface area contributed by atoms with Crippen LogP contribution >= 0.6 is 0 Å². The number of nitrogens with one attached hydrogen (secondary N) is 3. The fraction of sp³-hybridized carbons (Fsp3) is 0.800. The Hall–Kier alpha value is -1.76. The van der Waals surface area contributed by atoms with Crippen LogP contribution in [-0.4, -0.2) is 41.1 Å². The predicted molar refractivity (Wildman–Crippen MR) is 103 cm³/mol. The van der Waals surface area contributed by atoms with Crippen molar-refractivity contribution >= 4 is 11.9 Å². The summed E-state index contributed by atoms with van der Waals surface area (Å²) in [6.07, 6.45) is 10.1. The van der Waals surface area contributed by atoms with Crippen LogP contribution in [0.2, 0.25) is 0 Å². The minimum Gasteiger partial charge on any atom is -0.444 e. The summed E-state index contributed by atoms with van der Waals surface area (Å²) in [6.45, 7) is 2.47. The molecule has 4 rings (SSSR count). The van der Waals surface area contributed by atoms with E-state index in [0.717, 1.165) is 11.5 Å². The molecule has 0 radical (unpaired) electrons. The van der Waals surface area contributed by atoms with Crippen molar-refractivity contribution in [2.45, 2.75) is 89.0 Å². The molecule has 3 aliphatic rings. The van der Waals surface area contributed by atoms with Gasteiger partial charge in [-0.2, -0.15) is 5.10 Å². The third-order valence-corrected chi connectivity index (χ3v) is 6.06. The lowest BCUT2D eigenvalue weighted by Gasteiger charge is -2.15. The topological polar surface area (TPSA) is 88.3 Å². The maximum Gasteiger partial charge on any atom is 0.407 e. The fourth-order valence-corrected chi connectivity index (χ4v) is 4.19. The van der Waals surface area contributed by atoms with Gasteiger partial charge in [-0.15, -0.1) is 0 Å². The predicted octanol–water partition coefficient (Wildman–Crippen LogP) is 3.90. The Balaban J connectivity index is 1.23. The number of aromatic nitrogens is 2. The van der Waals surface area contributed by atoms with Gasteiger partial charge in [0.25, 0.3) is 0 Å². The van der Waals surface area contributed by atoms with Gasteiger partial charge in [-0.05, 0) is 38.5 Å². The minimum atomic E-state index is -0.330. The Morgan fingerprint density at radius 3 is 2.78 bits per heavy atom. The fourth-order valence-electron chi connectivity index (χ4n) is 4.19. The number of aromatic amines is 1. The lowest BCUT2D eigenvalue weighted by Crippen LogP contribution is -2.36. The van der Waals surface area contributed by atoms with Crippen LogP contribution in [0.5, 0.6) is 0 Å². The van der Waals surface area contributed by atoms with Gasteiger partial charge < -0.3 is 20.1 Å². The molecule has 0 spiro atoms. The van der Waals surface area contributed by atoms with Crippen LogP contribution < -0.4 is 10.6 Å². The van der Waals surface area contributed by atoms with Crippen LogP contribution in [0.15, 0.2) is 6.07 Å². The Labute approximate surface area is 161 Å². The summed E-state index contributed by atoms with van der Waals surface area (Å²) in [4.78, 5) is 12.0. The smallest absolute Gasteiger partial charge is 0.407 e. The Bertz CT molecular complexity index is 622. The highest BCUT2D eigenvalue weighted by atomic mass is 16.6. The first kappa shape index (κ1) is 18.6. The van der Waals surface area contributed by atoms with Crippen molar-refractivity contribution < 1.29 is 14.3 Å². The molecule has 1 aromatic heterocycles. The van der Waals surface area contributed by atoms with Gasteiger partial charge in [-0.25, -0.2) is 4.79 Å². The van der Waals surface area contributed by atoms with E-state index in [1.807, 2.05) is 13.0 Å². The molecule has 2 saturated carbocycles. The molecular weight excluding hydrogens is 344 g/mol. The number of nitrogens with zero attached hydrogens (tertiary/aromatic N) is 1. The van der Waals surface area contributed by atoms with E-state index in [9.17, 15) is 4.79 Å². The van der Waals surface area contributed by atoms with Gasteiger partial charge in [0.05, 0.1) is 12.3 Å². The highest BCUT2D eigenvalue weighted by Crippen LogP contribution is 2.33. The first-order valence-corrected chi connectivity index (χ1v) is 10.6. The van der Waals surface area contributed by atoms with E-state index in [1.165, 1.54) is 51.4 Å². The van der Waals surface area contributed by atoms with Crippen LogP contribution in [0.25, 0.3) is 0 Å². The second-order valence-corrected chi connectivity index (χ2v) is 8.40. The summed E-state index contributed by atoms with van der Waals surface area (Å²) >= 11 is 0. The summed E-state index contributed by atoms with van der Waals surface area (Å²) in [7, 11) is 0. The van der Waals surface area contributed by atoms with Gasteiger partial charge in [-0.1, -0.05) is 25.7 Å². The molecule has 1 amide bonds. The molecule has 27 heavy (non-hydrogen) atoms. The number of H-pyrrole nitrogens is 1. The quantitative estimate of drug-likeness (QED) is 0.655. The van der Waals surface area contributed by atoms with Gasteiger partial charge in [-0.3, -0.25) is 5.10 Å². The third kappa shape index (κ3) is 5.15. The summed E-state index contributed by atoms with van der Waals surface area (Å²) < 4.78 is 11.4. The van der Waals surface area contributed by atoms with Crippen LogP contribution in [0, 0.1) is 5.92 Å². The van der Waals surface area contributed by atoms with Crippen molar-refractivity contribution in [1.29, 1.82) is 0 Å². The molecule has 7 nitrogen and oxygen atoms in total. The Kier molecular flexibility index (Phi) is 5.86. The lowest BCUT2D eigenvalue weighted by molar-refractivity contribution is 0.0676. The number of amides is 1. The highest BCUT2D eigenvalue weighted by Gasteiger charge is 2.33. The summed E-state index contributed by atoms with van der Waals surface area (Å²) in [6, 6.07) is 2.75. The molecule has 1 aliphatic heterocycles. The number of rotatable bonds is 6. The molecule has 3 atom stereocenters. The molecule has 1 aromatic rings. The normalized spacial score (nSPS) is 27.7. The van der Waals surface area contributed by atoms with Crippen molar-refractivity contribution in [3.63, 3.8) is 0 Å². The number of hydrogen-bond acceptors (Lipinski definition) is 5. The summed E-state index contributed by atoms with van der Waals surface area (Å²) in [5.74, 6) is 1.51. The van der Waals surface area contributed by atoms with Crippen molar-refractivity contribution in [3.05, 3.63) is 11.8 Å². The van der Waals surface area contributed by atoms with Crippen LogP contribution in [0.4, 0.5) is 10.6 Å². The van der Waals surface area contributed by atoms with Crippen molar-refractivity contribution in [2.24, 2.45) is 5.92 Å². The van der Waals surface area contributed by atoms with Crippen LogP contribution in [-0.2, 0) is 9.47 Å². The average Bonchev–Trinajstić information content (AvgIpc) is 3.32. The largest absolute Gasteiger partial charge is 0.444 e. The van der Waals surface area contributed by atoms with Gasteiger partial charge in [0.1, 0.15) is 18.0 Å². The van der Waals surface area contributed by atoms with Crippen LogP contribution in [0.3, 0.4) is 0 Å².